The molecule has 0 saturated heterocycles. The predicted octanol–water partition coefficient (Wildman–Crippen LogP) is 1.57. The van der Waals surface area contributed by atoms with Gasteiger partial charge in [-0.3, -0.25) is 9.89 Å². The fourth-order valence-electron chi connectivity index (χ4n) is 2.45. The number of rotatable bonds is 1. The first kappa shape index (κ1) is 10.8. The van der Waals surface area contributed by atoms with Gasteiger partial charge in [-0.25, -0.2) is 0 Å². The van der Waals surface area contributed by atoms with Crippen molar-refractivity contribution in [2.75, 3.05) is 17.7 Å². The average molecular weight is 242 g/mol. The van der Waals surface area contributed by atoms with Gasteiger partial charge in [0.15, 0.2) is 0 Å². The Morgan fingerprint density at radius 2 is 2.17 bits per heavy atom. The van der Waals surface area contributed by atoms with Crippen molar-refractivity contribution in [2.45, 2.75) is 12.8 Å². The van der Waals surface area contributed by atoms with Crippen LogP contribution in [0.3, 0.4) is 0 Å². The number of hydrogen-bond acceptors (Lipinski definition) is 3. The van der Waals surface area contributed by atoms with Gasteiger partial charge in [0.1, 0.15) is 5.82 Å². The van der Waals surface area contributed by atoms with E-state index in [2.05, 4.69) is 10.2 Å². The van der Waals surface area contributed by atoms with Gasteiger partial charge in [0, 0.05) is 24.7 Å². The minimum absolute atomic E-state index is 0.153. The molecule has 0 spiro atoms. The van der Waals surface area contributed by atoms with Crippen LogP contribution in [0.2, 0.25) is 0 Å². The van der Waals surface area contributed by atoms with E-state index in [1.54, 1.807) is 11.1 Å². The molecule has 1 aliphatic rings. The molecule has 2 heterocycles. The molecule has 0 fully saturated rings. The number of nitrogens with two attached hydrogens (primary N) is 1. The molecule has 1 aromatic heterocycles. The lowest BCUT2D eigenvalue weighted by Gasteiger charge is -2.27. The zero-order valence-corrected chi connectivity index (χ0v) is 10.1. The number of aromatic nitrogens is 2. The normalized spacial score (nSPS) is 14.7. The Kier molecular flexibility index (Phi) is 2.33. The van der Waals surface area contributed by atoms with E-state index in [-0.39, 0.29) is 5.91 Å². The van der Waals surface area contributed by atoms with Gasteiger partial charge in [0.2, 0.25) is 5.91 Å². The second-order valence-corrected chi connectivity index (χ2v) is 4.45. The second kappa shape index (κ2) is 3.87. The molecular weight excluding hydrogens is 228 g/mol. The van der Waals surface area contributed by atoms with Gasteiger partial charge in [-0.15, -0.1) is 0 Å². The largest absolute Gasteiger partial charge is 0.384 e. The molecule has 5 nitrogen and oxygen atoms in total. The third-order valence-electron chi connectivity index (χ3n) is 3.43. The van der Waals surface area contributed by atoms with Gasteiger partial charge in [0.25, 0.3) is 0 Å². The standard InChI is InChI=1S/C13H14N4O/c1-17-11-4-2-3-8(9(11)5-6-12(17)18)10-7-15-16-13(10)14/h2-4,7H,5-6H2,1H3,(H3,14,15,16). The highest BCUT2D eigenvalue weighted by Crippen LogP contribution is 2.36. The minimum atomic E-state index is 0.153. The molecule has 0 atom stereocenters. The van der Waals surface area contributed by atoms with Crippen LogP contribution in [0.15, 0.2) is 24.4 Å². The maximum atomic E-state index is 11.7. The molecule has 18 heavy (non-hydrogen) atoms. The number of carbonyl (C=O) groups is 1. The summed E-state index contributed by atoms with van der Waals surface area (Å²) in [5.41, 5.74) is 9.94. The topological polar surface area (TPSA) is 75.0 Å². The summed E-state index contributed by atoms with van der Waals surface area (Å²) in [4.78, 5) is 13.4. The monoisotopic (exact) mass is 242 g/mol. The number of carbonyl (C=O) groups excluding carboxylic acids is 1. The number of amides is 1. The molecule has 1 aliphatic heterocycles. The van der Waals surface area contributed by atoms with Gasteiger partial charge < -0.3 is 10.6 Å². The Morgan fingerprint density at radius 1 is 1.33 bits per heavy atom. The lowest BCUT2D eigenvalue weighted by Crippen LogP contribution is -2.31. The van der Waals surface area contributed by atoms with E-state index in [0.29, 0.717) is 12.2 Å². The van der Waals surface area contributed by atoms with Crippen molar-refractivity contribution in [1.29, 1.82) is 0 Å². The molecule has 3 N–H and O–H groups in total. The maximum Gasteiger partial charge on any atom is 0.227 e. The summed E-state index contributed by atoms with van der Waals surface area (Å²) in [6.07, 6.45) is 3.01. The van der Waals surface area contributed by atoms with Crippen LogP contribution in [0, 0.1) is 0 Å². The highest BCUT2D eigenvalue weighted by atomic mass is 16.2. The molecule has 2 aromatic rings. The van der Waals surface area contributed by atoms with Crippen molar-refractivity contribution >= 4 is 17.4 Å². The number of anilines is 2. The van der Waals surface area contributed by atoms with E-state index in [9.17, 15) is 4.79 Å². The summed E-state index contributed by atoms with van der Waals surface area (Å²) in [6.45, 7) is 0. The molecule has 1 amide bonds. The number of H-pyrrole nitrogens is 1. The number of nitrogen functional groups attached to an aromatic ring is 1. The molecule has 3 rings (SSSR count). The number of benzene rings is 1. The summed E-state index contributed by atoms with van der Waals surface area (Å²) in [7, 11) is 1.81. The van der Waals surface area contributed by atoms with Gasteiger partial charge >= 0.3 is 0 Å². The van der Waals surface area contributed by atoms with E-state index >= 15 is 0 Å². The third-order valence-corrected chi connectivity index (χ3v) is 3.43. The van der Waals surface area contributed by atoms with Gasteiger partial charge in [0.05, 0.1) is 6.20 Å². The molecule has 0 unspecified atom stereocenters. The zero-order chi connectivity index (χ0) is 12.7. The molecule has 0 saturated carbocycles. The van der Waals surface area contributed by atoms with Crippen molar-refractivity contribution in [3.8, 4) is 11.1 Å². The first-order valence-electron chi connectivity index (χ1n) is 5.86. The summed E-state index contributed by atoms with van der Waals surface area (Å²) in [6, 6.07) is 5.92. The average Bonchev–Trinajstić information content (AvgIpc) is 2.79. The minimum Gasteiger partial charge on any atom is -0.384 e. The van der Waals surface area contributed by atoms with Crippen LogP contribution in [0.5, 0.6) is 0 Å². The van der Waals surface area contributed by atoms with Crippen LogP contribution < -0.4 is 10.6 Å². The Hall–Kier alpha value is -2.30. The van der Waals surface area contributed by atoms with Gasteiger partial charge in [-0.2, -0.15) is 5.10 Å². The molecule has 0 aliphatic carbocycles. The molecule has 5 heteroatoms. The first-order chi connectivity index (χ1) is 8.68. The van der Waals surface area contributed by atoms with Crippen molar-refractivity contribution in [3.05, 3.63) is 30.0 Å². The van der Waals surface area contributed by atoms with E-state index in [1.807, 2.05) is 25.2 Å². The first-order valence-corrected chi connectivity index (χ1v) is 5.86. The third kappa shape index (κ3) is 1.48. The van der Waals surface area contributed by atoms with Crippen molar-refractivity contribution < 1.29 is 4.79 Å². The molecule has 1 aromatic carbocycles. The Balaban J connectivity index is 2.19. The van der Waals surface area contributed by atoms with Crippen molar-refractivity contribution in [1.82, 2.24) is 10.2 Å². The molecule has 0 bridgehead atoms. The smallest absolute Gasteiger partial charge is 0.227 e. The van der Waals surface area contributed by atoms with Crippen LogP contribution in [-0.2, 0) is 11.2 Å². The Morgan fingerprint density at radius 3 is 2.89 bits per heavy atom. The van der Waals surface area contributed by atoms with Crippen LogP contribution in [0.25, 0.3) is 11.1 Å². The Bertz CT molecular complexity index is 617. The number of fused-ring (bicyclic) bond motifs is 1. The van der Waals surface area contributed by atoms with Crippen molar-refractivity contribution in [3.63, 3.8) is 0 Å². The van der Waals surface area contributed by atoms with Gasteiger partial charge in [-0.1, -0.05) is 12.1 Å². The molecular formula is C13H14N4O. The Labute approximate surface area is 105 Å². The second-order valence-electron chi connectivity index (χ2n) is 4.45. The quantitative estimate of drug-likeness (QED) is 0.797. The lowest BCUT2D eigenvalue weighted by molar-refractivity contribution is -0.118. The number of aromatic amines is 1. The number of nitrogens with one attached hydrogen (secondary N) is 1. The SMILES string of the molecule is CN1C(=O)CCc2c(-c3cn[nH]c3N)cccc21. The highest BCUT2D eigenvalue weighted by Gasteiger charge is 2.23. The highest BCUT2D eigenvalue weighted by molar-refractivity contribution is 5.98. The maximum absolute atomic E-state index is 11.7. The number of hydrogen-bond donors (Lipinski definition) is 2. The summed E-state index contributed by atoms with van der Waals surface area (Å²) >= 11 is 0. The number of nitrogens with zero attached hydrogens (tertiary/aromatic N) is 2. The summed E-state index contributed by atoms with van der Waals surface area (Å²) in [5.74, 6) is 0.711. The van der Waals surface area contributed by atoms with Crippen molar-refractivity contribution in [2.24, 2.45) is 0 Å². The molecule has 0 radical (unpaired) electrons. The predicted molar refractivity (Wildman–Crippen MR) is 70.2 cm³/mol. The lowest BCUT2D eigenvalue weighted by atomic mass is 9.93. The van der Waals surface area contributed by atoms with Crippen LogP contribution in [-0.4, -0.2) is 23.2 Å². The van der Waals surface area contributed by atoms with Gasteiger partial charge in [-0.05, 0) is 23.6 Å². The fourth-order valence-corrected chi connectivity index (χ4v) is 2.45. The summed E-state index contributed by atoms with van der Waals surface area (Å²) < 4.78 is 0. The van der Waals surface area contributed by atoms with E-state index < -0.39 is 0 Å². The zero-order valence-electron chi connectivity index (χ0n) is 10.1. The van der Waals surface area contributed by atoms with Crippen LogP contribution in [0.1, 0.15) is 12.0 Å². The summed E-state index contributed by atoms with van der Waals surface area (Å²) in [5, 5.41) is 6.69. The van der Waals surface area contributed by atoms with Crippen LogP contribution >= 0.6 is 0 Å². The van der Waals surface area contributed by atoms with Crippen LogP contribution in [0.4, 0.5) is 11.5 Å². The van der Waals surface area contributed by atoms with E-state index in [4.69, 9.17) is 5.73 Å². The van der Waals surface area contributed by atoms with E-state index in [0.717, 1.165) is 28.8 Å². The van der Waals surface area contributed by atoms with E-state index in [1.165, 1.54) is 0 Å². The molecule has 92 valence electrons. The fraction of sp³-hybridized carbons (Fsp3) is 0.231.